The van der Waals surface area contributed by atoms with Crippen molar-refractivity contribution in [2.75, 3.05) is 18.0 Å². The van der Waals surface area contributed by atoms with Crippen LogP contribution in [0.25, 0.3) is 0 Å². The zero-order valence-corrected chi connectivity index (χ0v) is 19.4. The standard InChI is InChI=1S/C21H30BrN3O4/c1-20(2,3)17(28-18(26)24-19(27)29-21(4,5)6)16-13-10-25(11-14(13)16)15-8-7-12(22)9-23-15/h7-9,13-14,16-17H,10-11H2,1-6H3,(H,24,26,27). The molecule has 8 heteroatoms. The average molecular weight is 468 g/mol. The minimum Gasteiger partial charge on any atom is -0.445 e. The quantitative estimate of drug-likeness (QED) is 0.699. The van der Waals surface area contributed by atoms with Gasteiger partial charge in [-0.05, 0) is 66.1 Å². The Labute approximate surface area is 180 Å². The van der Waals surface area contributed by atoms with Gasteiger partial charge in [0, 0.05) is 29.7 Å². The number of piperidine rings is 1. The van der Waals surface area contributed by atoms with Crippen LogP contribution in [0.3, 0.4) is 0 Å². The van der Waals surface area contributed by atoms with Crippen LogP contribution >= 0.6 is 15.9 Å². The number of amides is 2. The lowest BCUT2D eigenvalue weighted by Crippen LogP contribution is -2.43. The van der Waals surface area contributed by atoms with Crippen LogP contribution in [-0.4, -0.2) is 42.0 Å². The van der Waals surface area contributed by atoms with Crippen molar-refractivity contribution in [1.29, 1.82) is 0 Å². The number of ether oxygens (including phenoxy) is 2. The molecular weight excluding hydrogens is 438 g/mol. The van der Waals surface area contributed by atoms with E-state index in [2.05, 4.69) is 51.9 Å². The predicted octanol–water partition coefficient (Wildman–Crippen LogP) is 4.60. The Morgan fingerprint density at radius 3 is 2.24 bits per heavy atom. The molecule has 0 spiro atoms. The smallest absolute Gasteiger partial charge is 0.417 e. The Balaban J connectivity index is 1.58. The summed E-state index contributed by atoms with van der Waals surface area (Å²) in [6.07, 6.45) is -0.0204. The van der Waals surface area contributed by atoms with Crippen LogP contribution in [0.2, 0.25) is 0 Å². The first-order valence-corrected chi connectivity index (χ1v) is 10.7. The molecular formula is C21H30BrN3O4. The second-order valence-electron chi connectivity index (χ2n) is 9.96. The first-order chi connectivity index (χ1) is 13.3. The third-order valence-electron chi connectivity index (χ3n) is 5.34. The highest BCUT2D eigenvalue weighted by atomic mass is 79.9. The van der Waals surface area contributed by atoms with E-state index in [0.29, 0.717) is 11.8 Å². The van der Waals surface area contributed by atoms with Crippen LogP contribution in [0.4, 0.5) is 15.4 Å². The number of hydrogen-bond acceptors (Lipinski definition) is 6. The zero-order chi connectivity index (χ0) is 21.6. The number of fused-ring (bicyclic) bond motifs is 1. The Kier molecular flexibility index (Phi) is 5.87. The van der Waals surface area contributed by atoms with Gasteiger partial charge in [0.2, 0.25) is 0 Å². The Morgan fingerprint density at radius 2 is 1.76 bits per heavy atom. The maximum atomic E-state index is 12.3. The van der Waals surface area contributed by atoms with Gasteiger partial charge in [0.1, 0.15) is 17.5 Å². The number of pyridine rings is 1. The fraction of sp³-hybridized carbons (Fsp3) is 0.667. The number of nitrogens with zero attached hydrogens (tertiary/aromatic N) is 2. The van der Waals surface area contributed by atoms with E-state index in [-0.39, 0.29) is 17.4 Å². The third kappa shape index (κ3) is 5.41. The number of halogens is 1. The number of carbonyl (C=O) groups is 2. The molecule has 3 atom stereocenters. The van der Waals surface area contributed by atoms with Crippen LogP contribution in [0.1, 0.15) is 41.5 Å². The number of aromatic nitrogens is 1. The second kappa shape index (κ2) is 7.78. The predicted molar refractivity (Wildman–Crippen MR) is 114 cm³/mol. The summed E-state index contributed by atoms with van der Waals surface area (Å²) in [7, 11) is 0. The molecule has 2 amide bonds. The van der Waals surface area contributed by atoms with Crippen molar-refractivity contribution in [3.05, 3.63) is 22.8 Å². The van der Waals surface area contributed by atoms with Gasteiger partial charge in [-0.25, -0.2) is 19.9 Å². The molecule has 2 aliphatic rings. The van der Waals surface area contributed by atoms with Crippen molar-refractivity contribution in [3.63, 3.8) is 0 Å². The molecule has 3 rings (SSSR count). The fourth-order valence-corrected chi connectivity index (χ4v) is 4.36. The van der Waals surface area contributed by atoms with E-state index < -0.39 is 17.8 Å². The van der Waals surface area contributed by atoms with E-state index in [4.69, 9.17) is 9.47 Å². The normalized spacial score (nSPS) is 24.5. The van der Waals surface area contributed by atoms with Gasteiger partial charge in [0.15, 0.2) is 0 Å². The lowest BCUT2D eigenvalue weighted by molar-refractivity contribution is 0.00607. The number of carbonyl (C=O) groups excluding carboxylic acids is 2. The van der Waals surface area contributed by atoms with Crippen molar-refractivity contribution >= 4 is 33.9 Å². The monoisotopic (exact) mass is 467 g/mol. The number of alkyl carbamates (subject to hydrolysis) is 2. The molecule has 1 aliphatic heterocycles. The average Bonchev–Trinajstić information content (AvgIpc) is 3.02. The van der Waals surface area contributed by atoms with Crippen LogP contribution in [-0.2, 0) is 9.47 Å². The van der Waals surface area contributed by atoms with E-state index in [1.807, 2.05) is 12.1 Å². The summed E-state index contributed by atoms with van der Waals surface area (Å²) in [5.74, 6) is 2.17. The molecule has 0 radical (unpaired) electrons. The summed E-state index contributed by atoms with van der Waals surface area (Å²) < 4.78 is 11.8. The highest BCUT2D eigenvalue weighted by molar-refractivity contribution is 9.10. The number of rotatable bonds is 3. The highest BCUT2D eigenvalue weighted by Crippen LogP contribution is 2.57. The molecule has 3 unspecified atom stereocenters. The first kappa shape index (κ1) is 21.9. The van der Waals surface area contributed by atoms with Gasteiger partial charge in [-0.3, -0.25) is 0 Å². The van der Waals surface area contributed by atoms with Gasteiger partial charge in [-0.1, -0.05) is 20.8 Å². The SMILES string of the molecule is CC(C)(C)OC(=O)NC(=O)OC(C1C2CN(c3ccc(Br)cn3)CC21)C(C)(C)C. The van der Waals surface area contributed by atoms with Gasteiger partial charge >= 0.3 is 12.2 Å². The van der Waals surface area contributed by atoms with Gasteiger partial charge in [0.25, 0.3) is 0 Å². The zero-order valence-electron chi connectivity index (χ0n) is 17.9. The molecule has 2 heterocycles. The van der Waals surface area contributed by atoms with E-state index in [1.54, 1.807) is 27.0 Å². The highest BCUT2D eigenvalue weighted by Gasteiger charge is 2.62. The summed E-state index contributed by atoms with van der Waals surface area (Å²) in [6, 6.07) is 4.00. The largest absolute Gasteiger partial charge is 0.445 e. The van der Waals surface area contributed by atoms with E-state index in [9.17, 15) is 9.59 Å². The molecule has 1 aromatic rings. The van der Waals surface area contributed by atoms with Crippen LogP contribution in [0, 0.1) is 23.2 Å². The molecule has 7 nitrogen and oxygen atoms in total. The molecule has 2 fully saturated rings. The fourth-order valence-electron chi connectivity index (χ4n) is 4.13. The van der Waals surface area contributed by atoms with E-state index in [0.717, 1.165) is 23.4 Å². The lowest BCUT2D eigenvalue weighted by atomic mass is 9.84. The minimum absolute atomic E-state index is 0.235. The maximum absolute atomic E-state index is 12.3. The summed E-state index contributed by atoms with van der Waals surface area (Å²) in [5, 5.41) is 2.18. The minimum atomic E-state index is -0.793. The summed E-state index contributed by atoms with van der Waals surface area (Å²) in [5.41, 5.74) is -0.910. The molecule has 1 aliphatic carbocycles. The van der Waals surface area contributed by atoms with Crippen LogP contribution in [0.15, 0.2) is 22.8 Å². The van der Waals surface area contributed by atoms with Gasteiger partial charge < -0.3 is 14.4 Å². The number of anilines is 1. The van der Waals surface area contributed by atoms with Gasteiger partial charge in [-0.2, -0.15) is 0 Å². The summed E-state index contributed by atoms with van der Waals surface area (Å²) in [6.45, 7) is 13.2. The molecule has 29 heavy (non-hydrogen) atoms. The van der Waals surface area contributed by atoms with Gasteiger partial charge in [-0.15, -0.1) is 0 Å². The second-order valence-corrected chi connectivity index (χ2v) is 10.9. The van der Waals surface area contributed by atoms with Crippen LogP contribution < -0.4 is 10.2 Å². The van der Waals surface area contributed by atoms with E-state index >= 15 is 0 Å². The molecule has 0 aromatic carbocycles. The maximum Gasteiger partial charge on any atom is 0.417 e. The topological polar surface area (TPSA) is 80.8 Å². The number of imide groups is 1. The van der Waals surface area contributed by atoms with Crippen molar-refractivity contribution in [2.24, 2.45) is 23.2 Å². The Bertz CT molecular complexity index is 758. The van der Waals surface area contributed by atoms with Crippen LogP contribution in [0.5, 0.6) is 0 Å². The molecule has 1 N–H and O–H groups in total. The lowest BCUT2D eigenvalue weighted by Gasteiger charge is -2.33. The summed E-state index contributed by atoms with van der Waals surface area (Å²) in [4.78, 5) is 30.9. The Hall–Kier alpha value is -1.83. The van der Waals surface area contributed by atoms with Crippen molar-refractivity contribution < 1.29 is 19.1 Å². The Morgan fingerprint density at radius 1 is 1.14 bits per heavy atom. The molecule has 1 saturated carbocycles. The summed E-state index contributed by atoms with van der Waals surface area (Å²) >= 11 is 3.41. The number of nitrogens with one attached hydrogen (secondary N) is 1. The molecule has 0 bridgehead atoms. The van der Waals surface area contributed by atoms with Crippen molar-refractivity contribution in [2.45, 2.75) is 53.2 Å². The van der Waals surface area contributed by atoms with Crippen molar-refractivity contribution in [1.82, 2.24) is 10.3 Å². The third-order valence-corrected chi connectivity index (χ3v) is 5.81. The molecule has 160 valence electrons. The first-order valence-electron chi connectivity index (χ1n) is 9.92. The van der Waals surface area contributed by atoms with Crippen molar-refractivity contribution in [3.8, 4) is 0 Å². The molecule has 1 aromatic heterocycles. The van der Waals surface area contributed by atoms with E-state index in [1.165, 1.54) is 0 Å². The number of hydrogen-bond donors (Lipinski definition) is 1. The molecule has 1 saturated heterocycles. The van der Waals surface area contributed by atoms with Gasteiger partial charge in [0.05, 0.1) is 0 Å².